The number of rotatable bonds is 6. The molecule has 1 N–H and O–H groups in total. The molecule has 170 valence electrons. The summed E-state index contributed by atoms with van der Waals surface area (Å²) in [6.07, 6.45) is 2.44. The Morgan fingerprint density at radius 2 is 2.00 bits per heavy atom. The van der Waals surface area contributed by atoms with Crippen molar-refractivity contribution in [3.05, 3.63) is 83.2 Å². The van der Waals surface area contributed by atoms with Gasteiger partial charge in [-0.3, -0.25) is 9.59 Å². The summed E-state index contributed by atoms with van der Waals surface area (Å²) in [5, 5.41) is 2.83. The van der Waals surface area contributed by atoms with Crippen molar-refractivity contribution >= 4 is 17.5 Å². The van der Waals surface area contributed by atoms with Gasteiger partial charge in [0.05, 0.1) is 24.8 Å². The third kappa shape index (κ3) is 5.34. The number of benzene rings is 2. The summed E-state index contributed by atoms with van der Waals surface area (Å²) in [4.78, 5) is 36.0. The number of likely N-dealkylation sites (tertiary alicyclic amines) is 1. The predicted octanol–water partition coefficient (Wildman–Crippen LogP) is 3.74. The van der Waals surface area contributed by atoms with Crippen LogP contribution in [0, 0.1) is 12.7 Å². The highest BCUT2D eigenvalue weighted by Gasteiger charge is 2.29. The first-order valence-corrected chi connectivity index (χ1v) is 10.7. The fourth-order valence-corrected chi connectivity index (χ4v) is 3.91. The van der Waals surface area contributed by atoms with Crippen LogP contribution < -0.4 is 10.1 Å². The first-order chi connectivity index (χ1) is 15.9. The second-order valence-corrected chi connectivity index (χ2v) is 8.04. The zero-order valence-corrected chi connectivity index (χ0v) is 18.5. The molecule has 33 heavy (non-hydrogen) atoms. The second-order valence-electron chi connectivity index (χ2n) is 8.04. The molecule has 0 radical (unpaired) electrons. The van der Waals surface area contributed by atoms with Gasteiger partial charge in [0.1, 0.15) is 17.4 Å². The molecular formula is C25H25FN4O3. The average molecular weight is 448 g/mol. The standard InChI is InChI=1S/C25H25FN4O3/c1-16-22(25(32)29-20-6-8-21(33-2)9-7-20)14-27-24(28-16)18-10-11-30(15-18)23(31)13-17-4-3-5-19(26)12-17/h3-9,12,14,18H,10-11,13,15H2,1-2H3,(H,29,32). The lowest BCUT2D eigenvalue weighted by Crippen LogP contribution is -2.30. The zero-order chi connectivity index (χ0) is 23.4. The topological polar surface area (TPSA) is 84.4 Å². The molecule has 1 aromatic heterocycles. The Hall–Kier alpha value is -3.81. The summed E-state index contributed by atoms with van der Waals surface area (Å²) in [5.41, 5.74) is 2.28. The molecule has 2 amide bonds. The maximum atomic E-state index is 13.4. The summed E-state index contributed by atoms with van der Waals surface area (Å²) in [6, 6.07) is 13.1. The third-order valence-electron chi connectivity index (χ3n) is 5.74. The Balaban J connectivity index is 1.38. The summed E-state index contributed by atoms with van der Waals surface area (Å²) in [7, 11) is 1.58. The number of hydrogen-bond acceptors (Lipinski definition) is 5. The Labute approximate surface area is 191 Å². The van der Waals surface area contributed by atoms with E-state index in [9.17, 15) is 14.0 Å². The Kier molecular flexibility index (Phi) is 6.63. The number of hydrogen-bond donors (Lipinski definition) is 1. The van der Waals surface area contributed by atoms with Crippen LogP contribution in [0.15, 0.2) is 54.7 Å². The number of aryl methyl sites for hydroxylation is 1. The highest BCUT2D eigenvalue weighted by atomic mass is 19.1. The number of halogens is 1. The van der Waals surface area contributed by atoms with Gasteiger partial charge in [0.25, 0.3) is 5.91 Å². The minimum atomic E-state index is -0.348. The molecule has 3 aromatic rings. The molecule has 2 heterocycles. The van der Waals surface area contributed by atoms with Gasteiger partial charge < -0.3 is 15.0 Å². The zero-order valence-electron chi connectivity index (χ0n) is 18.5. The van der Waals surface area contributed by atoms with Crippen LogP contribution in [-0.2, 0) is 11.2 Å². The molecule has 1 atom stereocenters. The molecule has 1 aliphatic heterocycles. The van der Waals surface area contributed by atoms with Crippen LogP contribution in [0.4, 0.5) is 10.1 Å². The number of anilines is 1. The monoisotopic (exact) mass is 448 g/mol. The van der Waals surface area contributed by atoms with Gasteiger partial charge in [-0.15, -0.1) is 0 Å². The van der Waals surface area contributed by atoms with Crippen molar-refractivity contribution in [3.8, 4) is 5.75 Å². The van der Waals surface area contributed by atoms with Crippen molar-refractivity contribution in [2.75, 3.05) is 25.5 Å². The highest BCUT2D eigenvalue weighted by molar-refractivity contribution is 6.04. The van der Waals surface area contributed by atoms with Gasteiger partial charge in [-0.2, -0.15) is 0 Å². The molecule has 8 heteroatoms. The third-order valence-corrected chi connectivity index (χ3v) is 5.74. The van der Waals surface area contributed by atoms with E-state index in [1.54, 1.807) is 55.3 Å². The smallest absolute Gasteiger partial charge is 0.259 e. The van der Waals surface area contributed by atoms with Crippen molar-refractivity contribution in [3.63, 3.8) is 0 Å². The largest absolute Gasteiger partial charge is 0.497 e. The normalized spacial score (nSPS) is 15.4. The maximum absolute atomic E-state index is 13.4. The number of carbonyl (C=O) groups is 2. The van der Waals surface area contributed by atoms with E-state index in [-0.39, 0.29) is 30.0 Å². The van der Waals surface area contributed by atoms with E-state index in [4.69, 9.17) is 4.74 Å². The van der Waals surface area contributed by atoms with Crippen molar-refractivity contribution < 1.29 is 18.7 Å². The van der Waals surface area contributed by atoms with Crippen LogP contribution in [0.1, 0.15) is 39.8 Å². The fourth-order valence-electron chi connectivity index (χ4n) is 3.91. The lowest BCUT2D eigenvalue weighted by Gasteiger charge is -2.16. The van der Waals surface area contributed by atoms with E-state index in [0.29, 0.717) is 47.2 Å². The number of methoxy groups -OCH3 is 1. The molecule has 1 unspecified atom stereocenters. The summed E-state index contributed by atoms with van der Waals surface area (Å²) in [5.74, 6) is 0.641. The summed E-state index contributed by atoms with van der Waals surface area (Å²) < 4.78 is 18.5. The number of nitrogens with zero attached hydrogens (tertiary/aromatic N) is 3. The first-order valence-electron chi connectivity index (χ1n) is 10.7. The van der Waals surface area contributed by atoms with E-state index in [1.807, 2.05) is 0 Å². The molecule has 1 saturated heterocycles. The molecule has 1 fully saturated rings. The fraction of sp³-hybridized carbons (Fsp3) is 0.280. The molecular weight excluding hydrogens is 423 g/mol. The van der Waals surface area contributed by atoms with E-state index >= 15 is 0 Å². The Morgan fingerprint density at radius 3 is 2.70 bits per heavy atom. The molecule has 0 spiro atoms. The van der Waals surface area contributed by atoms with Crippen molar-refractivity contribution in [2.45, 2.75) is 25.7 Å². The number of carbonyl (C=O) groups excluding carboxylic acids is 2. The van der Waals surface area contributed by atoms with Crippen molar-refractivity contribution in [1.29, 1.82) is 0 Å². The van der Waals surface area contributed by atoms with Crippen LogP contribution in [0.2, 0.25) is 0 Å². The molecule has 0 bridgehead atoms. The van der Waals surface area contributed by atoms with Gasteiger partial charge in [0.2, 0.25) is 5.91 Å². The van der Waals surface area contributed by atoms with E-state index in [2.05, 4.69) is 15.3 Å². The van der Waals surface area contributed by atoms with Gasteiger partial charge in [0, 0.05) is 30.9 Å². The van der Waals surface area contributed by atoms with Crippen LogP contribution in [0.3, 0.4) is 0 Å². The summed E-state index contributed by atoms with van der Waals surface area (Å²) >= 11 is 0. The van der Waals surface area contributed by atoms with Gasteiger partial charge >= 0.3 is 0 Å². The quantitative estimate of drug-likeness (QED) is 0.621. The van der Waals surface area contributed by atoms with Crippen molar-refractivity contribution in [2.24, 2.45) is 0 Å². The number of nitrogens with one attached hydrogen (secondary N) is 1. The average Bonchev–Trinajstić information content (AvgIpc) is 3.30. The summed E-state index contributed by atoms with van der Waals surface area (Å²) in [6.45, 7) is 2.88. The highest BCUT2D eigenvalue weighted by Crippen LogP contribution is 2.26. The minimum absolute atomic E-state index is 0.00106. The van der Waals surface area contributed by atoms with Crippen LogP contribution in [0.5, 0.6) is 5.75 Å². The van der Waals surface area contributed by atoms with Crippen molar-refractivity contribution in [1.82, 2.24) is 14.9 Å². The van der Waals surface area contributed by atoms with Crippen LogP contribution in [-0.4, -0.2) is 46.9 Å². The Bertz CT molecular complexity index is 1170. The number of amides is 2. The van der Waals surface area contributed by atoms with Gasteiger partial charge in [0.15, 0.2) is 0 Å². The molecule has 0 saturated carbocycles. The maximum Gasteiger partial charge on any atom is 0.259 e. The SMILES string of the molecule is COc1ccc(NC(=O)c2cnc(C3CCN(C(=O)Cc4cccc(F)c4)C3)nc2C)cc1. The Morgan fingerprint density at radius 1 is 1.21 bits per heavy atom. The molecule has 0 aliphatic carbocycles. The van der Waals surface area contributed by atoms with E-state index in [0.717, 1.165) is 6.42 Å². The van der Waals surface area contributed by atoms with E-state index in [1.165, 1.54) is 18.3 Å². The minimum Gasteiger partial charge on any atom is -0.497 e. The first kappa shape index (κ1) is 22.4. The van der Waals surface area contributed by atoms with Gasteiger partial charge in [-0.25, -0.2) is 14.4 Å². The van der Waals surface area contributed by atoms with Gasteiger partial charge in [-0.05, 0) is 55.3 Å². The van der Waals surface area contributed by atoms with E-state index < -0.39 is 0 Å². The lowest BCUT2D eigenvalue weighted by molar-refractivity contribution is -0.129. The van der Waals surface area contributed by atoms with Crippen LogP contribution >= 0.6 is 0 Å². The number of aromatic nitrogens is 2. The molecule has 7 nitrogen and oxygen atoms in total. The predicted molar refractivity (Wildman–Crippen MR) is 122 cm³/mol. The second kappa shape index (κ2) is 9.77. The van der Waals surface area contributed by atoms with Crippen LogP contribution in [0.25, 0.3) is 0 Å². The molecule has 2 aromatic carbocycles. The lowest BCUT2D eigenvalue weighted by atomic mass is 10.1. The molecule has 1 aliphatic rings. The molecule has 4 rings (SSSR count). The van der Waals surface area contributed by atoms with Gasteiger partial charge in [-0.1, -0.05) is 12.1 Å². The number of ether oxygens (including phenoxy) is 1.